The first-order valence-corrected chi connectivity index (χ1v) is 8.06. The molecule has 2 N–H and O–H groups in total. The van der Waals surface area contributed by atoms with Crippen molar-refractivity contribution in [3.05, 3.63) is 40.9 Å². The number of nitriles is 3. The van der Waals surface area contributed by atoms with Crippen LogP contribution in [-0.2, 0) is 4.79 Å². The number of nitrogens with one attached hydrogen (secondary N) is 2. The molecule has 2 rings (SSSR count). The topological polar surface area (TPSA) is 125 Å². The first-order chi connectivity index (χ1) is 12.1. The van der Waals surface area contributed by atoms with E-state index in [9.17, 15) is 4.79 Å². The SMILES string of the molecule is CCC(=O)Nc1nc(-c2cccc(NC(C#N)=C(C#N)C#N)c2)cs1. The molecule has 0 radical (unpaired) electrons. The molecule has 8 heteroatoms. The number of nitrogens with zero attached hydrogens (tertiary/aromatic N) is 4. The molecule has 0 unspecified atom stereocenters. The number of hydrogen-bond acceptors (Lipinski definition) is 7. The number of rotatable bonds is 5. The molecule has 0 aliphatic rings. The van der Waals surface area contributed by atoms with Gasteiger partial charge in [-0.1, -0.05) is 19.1 Å². The third-order valence-electron chi connectivity index (χ3n) is 3.08. The molecule has 0 fully saturated rings. The minimum absolute atomic E-state index is 0.111. The van der Waals surface area contributed by atoms with Crippen LogP contribution in [-0.4, -0.2) is 10.9 Å². The van der Waals surface area contributed by atoms with Gasteiger partial charge in [0.05, 0.1) is 5.69 Å². The van der Waals surface area contributed by atoms with Crippen molar-refractivity contribution in [3.8, 4) is 29.5 Å². The molecule has 1 amide bonds. The van der Waals surface area contributed by atoms with E-state index in [0.717, 1.165) is 5.56 Å². The zero-order valence-electron chi connectivity index (χ0n) is 13.2. The number of amides is 1. The molecule has 1 aromatic carbocycles. The highest BCUT2D eigenvalue weighted by Crippen LogP contribution is 2.27. The maximum absolute atomic E-state index is 11.4. The van der Waals surface area contributed by atoms with Gasteiger partial charge in [-0.05, 0) is 12.1 Å². The van der Waals surface area contributed by atoms with Gasteiger partial charge in [-0.2, -0.15) is 15.8 Å². The Balaban J connectivity index is 2.27. The number of anilines is 2. The zero-order valence-corrected chi connectivity index (χ0v) is 14.0. The summed E-state index contributed by atoms with van der Waals surface area (Å²) in [6, 6.07) is 12.2. The molecule has 0 saturated carbocycles. The predicted octanol–water partition coefficient (Wildman–Crippen LogP) is 3.40. The Morgan fingerprint density at radius 1 is 1.20 bits per heavy atom. The molecule has 2 aromatic rings. The average molecular weight is 348 g/mol. The lowest BCUT2D eigenvalue weighted by molar-refractivity contribution is -0.115. The lowest BCUT2D eigenvalue weighted by Crippen LogP contribution is -2.08. The predicted molar refractivity (Wildman–Crippen MR) is 94.0 cm³/mol. The summed E-state index contributed by atoms with van der Waals surface area (Å²) in [4.78, 5) is 15.8. The van der Waals surface area contributed by atoms with E-state index < -0.39 is 0 Å². The van der Waals surface area contributed by atoms with Crippen molar-refractivity contribution in [2.45, 2.75) is 13.3 Å². The van der Waals surface area contributed by atoms with Gasteiger partial charge in [0, 0.05) is 23.1 Å². The number of allylic oxidation sites excluding steroid dienone is 2. The number of thiazole rings is 1. The fourth-order valence-corrected chi connectivity index (χ4v) is 2.59. The van der Waals surface area contributed by atoms with Crippen molar-refractivity contribution < 1.29 is 4.79 Å². The van der Waals surface area contributed by atoms with Crippen molar-refractivity contribution in [3.63, 3.8) is 0 Å². The molecule has 1 aromatic heterocycles. The summed E-state index contributed by atoms with van der Waals surface area (Å²) in [6.07, 6.45) is 0.373. The maximum atomic E-state index is 11.4. The van der Waals surface area contributed by atoms with Crippen molar-refractivity contribution >= 4 is 28.1 Å². The van der Waals surface area contributed by atoms with E-state index in [1.54, 1.807) is 48.7 Å². The third kappa shape index (κ3) is 4.42. The van der Waals surface area contributed by atoms with Gasteiger partial charge in [0.15, 0.2) is 10.7 Å². The lowest BCUT2D eigenvalue weighted by atomic mass is 10.1. The number of carbonyl (C=O) groups is 1. The van der Waals surface area contributed by atoms with Gasteiger partial charge in [0.1, 0.15) is 23.9 Å². The summed E-state index contributed by atoms with van der Waals surface area (Å²) >= 11 is 1.31. The van der Waals surface area contributed by atoms with Gasteiger partial charge in [-0.15, -0.1) is 11.3 Å². The molecule has 0 atom stereocenters. The van der Waals surface area contributed by atoms with Crippen LogP contribution in [0.5, 0.6) is 0 Å². The van der Waals surface area contributed by atoms with Crippen LogP contribution in [0.1, 0.15) is 13.3 Å². The van der Waals surface area contributed by atoms with Gasteiger partial charge >= 0.3 is 0 Å². The van der Waals surface area contributed by atoms with Crippen molar-refractivity contribution in [2.24, 2.45) is 0 Å². The quantitative estimate of drug-likeness (QED) is 0.798. The molecule has 0 aliphatic heterocycles. The number of aromatic nitrogens is 1. The second-order valence-electron chi connectivity index (χ2n) is 4.73. The van der Waals surface area contributed by atoms with Crippen LogP contribution in [0, 0.1) is 34.0 Å². The summed E-state index contributed by atoms with van der Waals surface area (Å²) in [7, 11) is 0. The third-order valence-corrected chi connectivity index (χ3v) is 3.84. The fourth-order valence-electron chi connectivity index (χ4n) is 1.86. The van der Waals surface area contributed by atoms with Crippen molar-refractivity contribution in [2.75, 3.05) is 10.6 Å². The minimum atomic E-state index is -0.286. The van der Waals surface area contributed by atoms with E-state index in [1.165, 1.54) is 11.3 Å². The van der Waals surface area contributed by atoms with Crippen LogP contribution in [0.2, 0.25) is 0 Å². The zero-order chi connectivity index (χ0) is 18.2. The van der Waals surface area contributed by atoms with E-state index in [1.807, 2.05) is 6.07 Å². The number of hydrogen-bond donors (Lipinski definition) is 2. The van der Waals surface area contributed by atoms with Crippen LogP contribution in [0.15, 0.2) is 40.9 Å². The Labute approximate surface area is 148 Å². The number of benzene rings is 1. The largest absolute Gasteiger partial charge is 0.345 e. The second kappa shape index (κ2) is 8.26. The van der Waals surface area contributed by atoms with E-state index in [0.29, 0.717) is 22.9 Å². The standard InChI is InChI=1S/C17H12N6OS/c1-2-16(24)23-17-22-15(10-25-17)11-4-3-5-13(6-11)21-14(9-20)12(7-18)8-19/h3-6,10,21H,2H2,1H3,(H,22,23,24). The maximum Gasteiger partial charge on any atom is 0.225 e. The molecule has 25 heavy (non-hydrogen) atoms. The monoisotopic (exact) mass is 348 g/mol. The summed E-state index contributed by atoms with van der Waals surface area (Å²) in [6.45, 7) is 1.76. The Morgan fingerprint density at radius 3 is 2.60 bits per heavy atom. The fraction of sp³-hybridized carbons (Fsp3) is 0.118. The Morgan fingerprint density at radius 2 is 1.96 bits per heavy atom. The van der Waals surface area contributed by atoms with Gasteiger partial charge in [0.25, 0.3) is 0 Å². The highest BCUT2D eigenvalue weighted by atomic mass is 32.1. The van der Waals surface area contributed by atoms with Crippen LogP contribution < -0.4 is 10.6 Å². The summed E-state index contributed by atoms with van der Waals surface area (Å²) in [5, 5.41) is 34.6. The van der Waals surface area contributed by atoms with Gasteiger partial charge in [-0.25, -0.2) is 4.98 Å². The molecule has 1 heterocycles. The molecule has 0 spiro atoms. The molecular weight excluding hydrogens is 336 g/mol. The lowest BCUT2D eigenvalue weighted by Gasteiger charge is -2.06. The summed E-state index contributed by atoms with van der Waals surface area (Å²) in [5.74, 6) is -0.111. The molecule has 0 bridgehead atoms. The van der Waals surface area contributed by atoms with Gasteiger partial charge < -0.3 is 10.6 Å². The first-order valence-electron chi connectivity index (χ1n) is 7.18. The smallest absolute Gasteiger partial charge is 0.225 e. The summed E-state index contributed by atoms with van der Waals surface area (Å²) in [5.41, 5.74) is 1.58. The van der Waals surface area contributed by atoms with Crippen molar-refractivity contribution in [1.29, 1.82) is 15.8 Å². The number of carbonyl (C=O) groups excluding carboxylic acids is 1. The van der Waals surface area contributed by atoms with Crippen molar-refractivity contribution in [1.82, 2.24) is 4.98 Å². The molecule has 0 saturated heterocycles. The van der Waals surface area contributed by atoms with Crippen LogP contribution >= 0.6 is 11.3 Å². The highest BCUT2D eigenvalue weighted by Gasteiger charge is 2.09. The van der Waals surface area contributed by atoms with Gasteiger partial charge in [0.2, 0.25) is 5.91 Å². The molecular formula is C17H12N6OS. The molecule has 0 aliphatic carbocycles. The molecule has 122 valence electrons. The highest BCUT2D eigenvalue weighted by molar-refractivity contribution is 7.14. The van der Waals surface area contributed by atoms with E-state index in [2.05, 4.69) is 15.6 Å². The average Bonchev–Trinajstić information content (AvgIpc) is 3.10. The first kappa shape index (κ1) is 17.7. The second-order valence-corrected chi connectivity index (χ2v) is 5.59. The van der Waals surface area contributed by atoms with E-state index >= 15 is 0 Å². The Bertz CT molecular complexity index is 938. The van der Waals surface area contributed by atoms with E-state index in [-0.39, 0.29) is 17.2 Å². The van der Waals surface area contributed by atoms with Gasteiger partial charge in [-0.3, -0.25) is 4.79 Å². The normalized spacial score (nSPS) is 9.20. The Kier molecular flexibility index (Phi) is 5.84. The van der Waals surface area contributed by atoms with Crippen LogP contribution in [0.3, 0.4) is 0 Å². The molecule has 7 nitrogen and oxygen atoms in total. The van der Waals surface area contributed by atoms with Crippen LogP contribution in [0.4, 0.5) is 10.8 Å². The van der Waals surface area contributed by atoms with Crippen LogP contribution in [0.25, 0.3) is 11.3 Å². The van der Waals surface area contributed by atoms with E-state index in [4.69, 9.17) is 15.8 Å². The summed E-state index contributed by atoms with van der Waals surface area (Å²) < 4.78 is 0. The minimum Gasteiger partial charge on any atom is -0.345 e. The Hall–Kier alpha value is -3.67.